The van der Waals surface area contributed by atoms with E-state index in [1.165, 1.54) is 11.8 Å². The van der Waals surface area contributed by atoms with Crippen molar-refractivity contribution in [2.45, 2.75) is 16.7 Å². The van der Waals surface area contributed by atoms with E-state index in [9.17, 15) is 0 Å². The topological polar surface area (TPSA) is 80.3 Å². The number of nitriles is 1. The van der Waals surface area contributed by atoms with Gasteiger partial charge in [0.1, 0.15) is 11.1 Å². The summed E-state index contributed by atoms with van der Waals surface area (Å²) in [7, 11) is 0. The average molecular weight is 326 g/mol. The molecule has 0 spiro atoms. The van der Waals surface area contributed by atoms with Gasteiger partial charge in [-0.3, -0.25) is 4.57 Å². The van der Waals surface area contributed by atoms with E-state index in [4.69, 9.17) is 5.26 Å². The molecule has 0 bridgehead atoms. The summed E-state index contributed by atoms with van der Waals surface area (Å²) in [4.78, 5) is 1.05. The van der Waals surface area contributed by atoms with Crippen molar-refractivity contribution in [1.29, 1.82) is 5.26 Å². The number of nitrogens with zero attached hydrogens (tertiary/aromatic N) is 6. The SMILES string of the molecule is C=CCn1c(Sc2ccc(C#N)nn2)nnc1-c1cccs1. The van der Waals surface area contributed by atoms with Crippen molar-refractivity contribution in [3.8, 4) is 16.8 Å². The zero-order valence-corrected chi connectivity index (χ0v) is 13.0. The Bertz CT molecular complexity index is 814. The summed E-state index contributed by atoms with van der Waals surface area (Å²) >= 11 is 2.96. The molecule has 0 saturated carbocycles. The van der Waals surface area contributed by atoms with Crippen LogP contribution >= 0.6 is 23.1 Å². The van der Waals surface area contributed by atoms with Gasteiger partial charge in [0, 0.05) is 6.54 Å². The summed E-state index contributed by atoms with van der Waals surface area (Å²) < 4.78 is 1.98. The normalized spacial score (nSPS) is 10.3. The van der Waals surface area contributed by atoms with Crippen LogP contribution in [0.2, 0.25) is 0 Å². The number of rotatable bonds is 5. The van der Waals surface area contributed by atoms with Crippen LogP contribution in [0.25, 0.3) is 10.7 Å². The van der Waals surface area contributed by atoms with E-state index in [2.05, 4.69) is 27.0 Å². The second-order valence-electron chi connectivity index (χ2n) is 4.15. The fourth-order valence-electron chi connectivity index (χ4n) is 1.77. The molecule has 0 aliphatic rings. The van der Waals surface area contributed by atoms with E-state index in [1.54, 1.807) is 29.5 Å². The molecule has 3 aromatic heterocycles. The Hall–Kier alpha value is -2.50. The molecule has 0 N–H and O–H groups in total. The summed E-state index contributed by atoms with van der Waals surface area (Å²) in [6, 6.07) is 9.30. The number of aromatic nitrogens is 5. The molecule has 0 fully saturated rings. The molecule has 3 rings (SSSR count). The second kappa shape index (κ2) is 6.51. The molecule has 0 aliphatic heterocycles. The Kier molecular flexibility index (Phi) is 4.27. The largest absolute Gasteiger partial charge is 0.297 e. The van der Waals surface area contributed by atoms with Gasteiger partial charge in [-0.1, -0.05) is 12.1 Å². The van der Waals surface area contributed by atoms with Crippen molar-refractivity contribution in [2.75, 3.05) is 0 Å². The lowest BCUT2D eigenvalue weighted by atomic mass is 10.4. The molecule has 108 valence electrons. The molecule has 0 saturated heterocycles. The number of allylic oxidation sites excluding steroid dienone is 1. The van der Waals surface area contributed by atoms with Crippen molar-refractivity contribution in [2.24, 2.45) is 0 Å². The first-order chi connectivity index (χ1) is 10.8. The van der Waals surface area contributed by atoms with E-state index in [0.717, 1.165) is 10.7 Å². The van der Waals surface area contributed by atoms with Gasteiger partial charge in [-0.25, -0.2) is 0 Å². The van der Waals surface area contributed by atoms with Crippen molar-refractivity contribution < 1.29 is 0 Å². The van der Waals surface area contributed by atoms with Gasteiger partial charge < -0.3 is 0 Å². The molecule has 3 aromatic rings. The summed E-state index contributed by atoms with van der Waals surface area (Å²) in [5.74, 6) is 0.805. The highest BCUT2D eigenvalue weighted by Crippen LogP contribution is 2.30. The number of thiophene rings is 1. The van der Waals surface area contributed by atoms with Gasteiger partial charge >= 0.3 is 0 Å². The van der Waals surface area contributed by atoms with Crippen molar-refractivity contribution in [1.82, 2.24) is 25.0 Å². The van der Waals surface area contributed by atoms with Crippen LogP contribution in [0.3, 0.4) is 0 Å². The second-order valence-corrected chi connectivity index (χ2v) is 6.09. The summed E-state index contributed by atoms with van der Waals surface area (Å²) in [6.07, 6.45) is 1.80. The molecule has 6 nitrogen and oxygen atoms in total. The van der Waals surface area contributed by atoms with Crippen molar-refractivity contribution >= 4 is 23.1 Å². The van der Waals surface area contributed by atoms with Crippen LogP contribution in [0.1, 0.15) is 5.69 Å². The van der Waals surface area contributed by atoms with Gasteiger partial charge in [0.2, 0.25) is 0 Å². The highest BCUT2D eigenvalue weighted by molar-refractivity contribution is 7.99. The Balaban J connectivity index is 1.93. The van der Waals surface area contributed by atoms with Crippen LogP contribution in [-0.2, 0) is 6.54 Å². The zero-order chi connectivity index (χ0) is 15.4. The van der Waals surface area contributed by atoms with E-state index in [1.807, 2.05) is 28.1 Å². The summed E-state index contributed by atoms with van der Waals surface area (Å²) in [5.41, 5.74) is 0.288. The third kappa shape index (κ3) is 2.90. The van der Waals surface area contributed by atoms with Crippen LogP contribution in [-0.4, -0.2) is 25.0 Å². The minimum absolute atomic E-state index is 0.288. The van der Waals surface area contributed by atoms with Crippen LogP contribution in [0.4, 0.5) is 0 Å². The van der Waals surface area contributed by atoms with Crippen LogP contribution in [0.15, 0.2) is 52.5 Å². The highest BCUT2D eigenvalue weighted by Gasteiger charge is 2.15. The molecule has 0 radical (unpaired) electrons. The first-order valence-corrected chi connectivity index (χ1v) is 8.01. The third-order valence-corrected chi connectivity index (χ3v) is 4.50. The average Bonchev–Trinajstić information content (AvgIpc) is 3.19. The van der Waals surface area contributed by atoms with E-state index in [-0.39, 0.29) is 5.69 Å². The highest BCUT2D eigenvalue weighted by atomic mass is 32.2. The predicted molar refractivity (Wildman–Crippen MR) is 84.4 cm³/mol. The Morgan fingerprint density at radius 3 is 2.82 bits per heavy atom. The molecule has 0 atom stereocenters. The first-order valence-electron chi connectivity index (χ1n) is 6.31. The predicted octanol–water partition coefficient (Wildman–Crippen LogP) is 3.01. The Morgan fingerprint density at radius 2 is 2.18 bits per heavy atom. The molecule has 22 heavy (non-hydrogen) atoms. The number of hydrogen-bond acceptors (Lipinski definition) is 7. The molecule has 8 heteroatoms. The van der Waals surface area contributed by atoms with E-state index >= 15 is 0 Å². The molecule has 0 amide bonds. The molecular weight excluding hydrogens is 316 g/mol. The lowest BCUT2D eigenvalue weighted by molar-refractivity contribution is 0.730. The van der Waals surface area contributed by atoms with Gasteiger partial charge in [-0.05, 0) is 35.3 Å². The molecule has 3 heterocycles. The lowest BCUT2D eigenvalue weighted by Crippen LogP contribution is -2.00. The molecule has 0 aliphatic carbocycles. The quantitative estimate of drug-likeness (QED) is 0.671. The molecule has 0 unspecified atom stereocenters. The Labute approximate surface area is 135 Å². The zero-order valence-electron chi connectivity index (χ0n) is 11.4. The van der Waals surface area contributed by atoms with Gasteiger partial charge in [0.05, 0.1) is 4.88 Å². The minimum atomic E-state index is 0.288. The van der Waals surface area contributed by atoms with Crippen LogP contribution in [0, 0.1) is 11.3 Å². The maximum atomic E-state index is 8.75. The summed E-state index contributed by atoms with van der Waals surface area (Å²) in [5, 5.41) is 28.4. The standard InChI is InChI=1S/C14H10N6S2/c1-2-7-20-13(11-4-3-8-21-11)18-19-14(20)22-12-6-5-10(9-15)16-17-12/h2-6,8H,1,7H2. The molecular formula is C14H10N6S2. The minimum Gasteiger partial charge on any atom is -0.297 e. The van der Waals surface area contributed by atoms with Gasteiger partial charge in [0.25, 0.3) is 0 Å². The smallest absolute Gasteiger partial charge is 0.198 e. The van der Waals surface area contributed by atoms with Crippen LogP contribution in [0.5, 0.6) is 0 Å². The van der Waals surface area contributed by atoms with E-state index < -0.39 is 0 Å². The van der Waals surface area contributed by atoms with Gasteiger partial charge in [-0.2, -0.15) is 5.26 Å². The monoisotopic (exact) mass is 326 g/mol. The Morgan fingerprint density at radius 1 is 1.27 bits per heavy atom. The maximum Gasteiger partial charge on any atom is 0.198 e. The summed E-state index contributed by atoms with van der Waals surface area (Å²) in [6.45, 7) is 4.39. The van der Waals surface area contributed by atoms with Crippen LogP contribution < -0.4 is 0 Å². The molecule has 0 aromatic carbocycles. The fraction of sp³-hybridized carbons (Fsp3) is 0.0714. The van der Waals surface area contributed by atoms with Crippen molar-refractivity contribution in [3.05, 3.63) is 48.0 Å². The first kappa shape index (κ1) is 14.4. The fourth-order valence-corrected chi connectivity index (χ4v) is 3.25. The third-order valence-electron chi connectivity index (χ3n) is 2.72. The maximum absolute atomic E-state index is 8.75. The van der Waals surface area contributed by atoms with Crippen molar-refractivity contribution in [3.63, 3.8) is 0 Å². The van der Waals surface area contributed by atoms with Gasteiger partial charge in [0.15, 0.2) is 16.7 Å². The van der Waals surface area contributed by atoms with E-state index in [0.29, 0.717) is 16.7 Å². The lowest BCUT2D eigenvalue weighted by Gasteiger charge is -2.05. The number of hydrogen-bond donors (Lipinski definition) is 0. The van der Waals surface area contributed by atoms with Gasteiger partial charge in [-0.15, -0.1) is 38.3 Å².